The van der Waals surface area contributed by atoms with Gasteiger partial charge in [-0.2, -0.15) is 5.10 Å². The van der Waals surface area contributed by atoms with Gasteiger partial charge in [-0.15, -0.1) is 0 Å². The second-order valence-electron chi connectivity index (χ2n) is 7.13. The van der Waals surface area contributed by atoms with Crippen molar-refractivity contribution in [1.82, 2.24) is 14.7 Å². The number of carbonyl (C=O) groups is 2. The molecule has 4 rings (SSSR count). The van der Waals surface area contributed by atoms with Crippen LogP contribution in [0.4, 0.5) is 0 Å². The van der Waals surface area contributed by atoms with Gasteiger partial charge in [0, 0.05) is 13.0 Å². The van der Waals surface area contributed by atoms with Crippen molar-refractivity contribution in [2.75, 3.05) is 7.05 Å². The molecule has 144 valence electrons. The number of carboxylic acid groups (broad SMARTS) is 1. The SMILES string of the molecule is Cc1oc(CN(C)C(=O)c2cc(C3CC3)nn2-c2ccccc2)cc1C(=O)O. The molecule has 1 amide bonds. The highest BCUT2D eigenvalue weighted by Crippen LogP contribution is 2.39. The molecule has 1 aliphatic carbocycles. The summed E-state index contributed by atoms with van der Waals surface area (Å²) in [5, 5.41) is 13.8. The Bertz CT molecular complexity index is 1030. The number of benzene rings is 1. The highest BCUT2D eigenvalue weighted by atomic mass is 16.4. The number of hydrogen-bond donors (Lipinski definition) is 1. The van der Waals surface area contributed by atoms with Gasteiger partial charge in [-0.25, -0.2) is 9.48 Å². The van der Waals surface area contributed by atoms with Crippen LogP contribution in [0, 0.1) is 6.92 Å². The number of nitrogens with zero attached hydrogens (tertiary/aromatic N) is 3. The van der Waals surface area contributed by atoms with E-state index in [0.29, 0.717) is 23.1 Å². The first kappa shape index (κ1) is 18.0. The minimum Gasteiger partial charge on any atom is -0.478 e. The molecule has 1 N–H and O–H groups in total. The molecule has 2 heterocycles. The number of furan rings is 1. The van der Waals surface area contributed by atoms with Crippen LogP contribution in [0.1, 0.15) is 56.8 Å². The Morgan fingerprint density at radius 3 is 2.57 bits per heavy atom. The van der Waals surface area contributed by atoms with Crippen molar-refractivity contribution in [3.05, 3.63) is 70.9 Å². The van der Waals surface area contributed by atoms with E-state index >= 15 is 0 Å². The molecule has 0 unspecified atom stereocenters. The number of carboxylic acids is 1. The molecule has 1 aliphatic rings. The molecule has 0 aliphatic heterocycles. The van der Waals surface area contributed by atoms with Gasteiger partial charge < -0.3 is 14.4 Å². The van der Waals surface area contributed by atoms with Crippen molar-refractivity contribution < 1.29 is 19.1 Å². The average molecular weight is 379 g/mol. The highest BCUT2D eigenvalue weighted by Gasteiger charge is 2.30. The van der Waals surface area contributed by atoms with Crippen molar-refractivity contribution in [3.63, 3.8) is 0 Å². The zero-order valence-corrected chi connectivity index (χ0v) is 15.8. The van der Waals surface area contributed by atoms with Crippen molar-refractivity contribution in [2.24, 2.45) is 0 Å². The minimum atomic E-state index is -1.04. The van der Waals surface area contributed by atoms with Crippen molar-refractivity contribution in [3.8, 4) is 5.69 Å². The number of para-hydroxylation sites is 1. The Labute approximate surface area is 162 Å². The number of aromatic carboxylic acids is 1. The molecule has 1 fully saturated rings. The van der Waals surface area contributed by atoms with Crippen LogP contribution >= 0.6 is 0 Å². The molecule has 0 spiro atoms. The van der Waals surface area contributed by atoms with E-state index in [1.54, 1.807) is 18.7 Å². The molecule has 3 aromatic rings. The zero-order chi connectivity index (χ0) is 19.8. The van der Waals surface area contributed by atoms with Gasteiger partial charge in [-0.05, 0) is 44.0 Å². The third-order valence-electron chi connectivity index (χ3n) is 4.88. The Morgan fingerprint density at radius 2 is 1.96 bits per heavy atom. The number of carbonyl (C=O) groups excluding carboxylic acids is 1. The summed E-state index contributed by atoms with van der Waals surface area (Å²) in [4.78, 5) is 25.8. The van der Waals surface area contributed by atoms with Gasteiger partial charge in [0.1, 0.15) is 22.8 Å². The lowest BCUT2D eigenvalue weighted by atomic mass is 10.2. The maximum atomic E-state index is 13.1. The monoisotopic (exact) mass is 379 g/mol. The van der Waals surface area contributed by atoms with Gasteiger partial charge in [0.15, 0.2) is 0 Å². The number of rotatable bonds is 6. The first-order chi connectivity index (χ1) is 13.4. The summed E-state index contributed by atoms with van der Waals surface area (Å²) < 4.78 is 7.19. The fraction of sp³-hybridized carbons (Fsp3) is 0.286. The van der Waals surface area contributed by atoms with Crippen molar-refractivity contribution >= 4 is 11.9 Å². The fourth-order valence-corrected chi connectivity index (χ4v) is 3.23. The maximum absolute atomic E-state index is 13.1. The summed E-state index contributed by atoms with van der Waals surface area (Å²) >= 11 is 0. The molecule has 1 saturated carbocycles. The minimum absolute atomic E-state index is 0.112. The van der Waals surface area contributed by atoms with Crippen LogP contribution in [0.2, 0.25) is 0 Å². The van der Waals surface area contributed by atoms with Crippen LogP contribution in [-0.4, -0.2) is 38.7 Å². The van der Waals surface area contributed by atoms with E-state index in [-0.39, 0.29) is 18.0 Å². The van der Waals surface area contributed by atoms with Gasteiger partial charge in [0.2, 0.25) is 0 Å². The van der Waals surface area contributed by atoms with Crippen LogP contribution in [0.3, 0.4) is 0 Å². The Hall–Kier alpha value is -3.35. The van der Waals surface area contributed by atoms with E-state index in [0.717, 1.165) is 24.2 Å². The maximum Gasteiger partial charge on any atom is 0.339 e. The topological polar surface area (TPSA) is 88.6 Å². The van der Waals surface area contributed by atoms with E-state index in [1.165, 1.54) is 11.0 Å². The number of amides is 1. The van der Waals surface area contributed by atoms with Gasteiger partial charge in [0.05, 0.1) is 17.9 Å². The first-order valence-corrected chi connectivity index (χ1v) is 9.17. The second-order valence-corrected chi connectivity index (χ2v) is 7.13. The molecular weight excluding hydrogens is 358 g/mol. The number of aryl methyl sites for hydroxylation is 1. The quantitative estimate of drug-likeness (QED) is 0.707. The van der Waals surface area contributed by atoms with Crippen LogP contribution in [0.25, 0.3) is 5.69 Å². The lowest BCUT2D eigenvalue weighted by Crippen LogP contribution is -2.28. The third-order valence-corrected chi connectivity index (χ3v) is 4.88. The summed E-state index contributed by atoms with van der Waals surface area (Å²) in [6.07, 6.45) is 2.19. The predicted molar refractivity (Wildman–Crippen MR) is 102 cm³/mol. The van der Waals surface area contributed by atoms with Crippen LogP contribution in [0.15, 0.2) is 46.9 Å². The molecule has 0 bridgehead atoms. The molecule has 0 atom stereocenters. The summed E-state index contributed by atoms with van der Waals surface area (Å²) in [6, 6.07) is 12.9. The smallest absolute Gasteiger partial charge is 0.339 e. The van der Waals surface area contributed by atoms with Gasteiger partial charge in [-0.1, -0.05) is 18.2 Å². The van der Waals surface area contributed by atoms with Crippen LogP contribution < -0.4 is 0 Å². The third kappa shape index (κ3) is 3.43. The molecule has 7 nitrogen and oxygen atoms in total. The summed E-state index contributed by atoms with van der Waals surface area (Å²) in [5.41, 5.74) is 2.36. The zero-order valence-electron chi connectivity index (χ0n) is 15.8. The summed E-state index contributed by atoms with van der Waals surface area (Å²) in [5.74, 6) is -0.0628. The van der Waals surface area contributed by atoms with Gasteiger partial charge in [-0.3, -0.25) is 4.79 Å². The molecule has 0 radical (unpaired) electrons. The molecular formula is C21H21N3O4. The standard InChI is InChI=1S/C21H21N3O4/c1-13-17(21(26)27)10-16(28-13)12-23(2)20(25)19-11-18(14-8-9-14)22-24(19)15-6-4-3-5-7-15/h3-7,10-11,14H,8-9,12H2,1-2H3,(H,26,27). The van der Waals surface area contributed by atoms with Gasteiger partial charge >= 0.3 is 5.97 Å². The second kappa shape index (κ2) is 6.99. The largest absolute Gasteiger partial charge is 0.478 e. The van der Waals surface area contributed by atoms with Crippen LogP contribution in [-0.2, 0) is 6.54 Å². The lowest BCUT2D eigenvalue weighted by molar-refractivity contribution is 0.0694. The average Bonchev–Trinajstić information content (AvgIpc) is 3.33. The Morgan fingerprint density at radius 1 is 1.25 bits per heavy atom. The van der Waals surface area contributed by atoms with E-state index in [9.17, 15) is 14.7 Å². The molecule has 1 aromatic carbocycles. The Kier molecular flexibility index (Phi) is 4.50. The number of aromatic nitrogens is 2. The van der Waals surface area contributed by atoms with Crippen LogP contribution in [0.5, 0.6) is 0 Å². The van der Waals surface area contributed by atoms with Crippen molar-refractivity contribution in [1.29, 1.82) is 0 Å². The van der Waals surface area contributed by atoms with E-state index in [1.807, 2.05) is 36.4 Å². The van der Waals surface area contributed by atoms with E-state index < -0.39 is 5.97 Å². The lowest BCUT2D eigenvalue weighted by Gasteiger charge is -2.16. The summed E-state index contributed by atoms with van der Waals surface area (Å²) in [7, 11) is 1.67. The molecule has 7 heteroatoms. The van der Waals surface area contributed by atoms with E-state index in [2.05, 4.69) is 5.10 Å². The van der Waals surface area contributed by atoms with Gasteiger partial charge in [0.25, 0.3) is 5.91 Å². The molecule has 2 aromatic heterocycles. The normalized spacial score (nSPS) is 13.5. The molecule has 0 saturated heterocycles. The highest BCUT2D eigenvalue weighted by molar-refractivity contribution is 5.93. The number of hydrogen-bond acceptors (Lipinski definition) is 4. The van der Waals surface area contributed by atoms with E-state index in [4.69, 9.17) is 4.42 Å². The first-order valence-electron chi connectivity index (χ1n) is 9.17. The summed E-state index contributed by atoms with van der Waals surface area (Å²) in [6.45, 7) is 1.77. The predicted octanol–water partition coefficient (Wildman–Crippen LogP) is 3.62. The Balaban J connectivity index is 1.62. The molecule has 28 heavy (non-hydrogen) atoms. The van der Waals surface area contributed by atoms with Crippen molar-refractivity contribution in [2.45, 2.75) is 32.2 Å². The fourth-order valence-electron chi connectivity index (χ4n) is 3.23.